The second-order valence-electron chi connectivity index (χ2n) is 5.74. The van der Waals surface area contributed by atoms with Gasteiger partial charge in [-0.3, -0.25) is 9.10 Å². The zero-order chi connectivity index (χ0) is 21.6. The van der Waals surface area contributed by atoms with Gasteiger partial charge in [0.15, 0.2) is 11.5 Å². The lowest BCUT2D eigenvalue weighted by Gasteiger charge is -2.22. The number of halogens is 2. The van der Waals surface area contributed by atoms with Gasteiger partial charge in [0.2, 0.25) is 10.0 Å². The monoisotopic (exact) mass is 459 g/mol. The topological polar surface area (TPSA) is 97.3 Å². The van der Waals surface area contributed by atoms with Gasteiger partial charge >= 0.3 is 0 Å². The van der Waals surface area contributed by atoms with Gasteiger partial charge in [-0.2, -0.15) is 5.10 Å². The number of rotatable bonds is 8. The maximum absolute atomic E-state index is 12.3. The van der Waals surface area contributed by atoms with Gasteiger partial charge in [-0.25, -0.2) is 13.8 Å². The smallest absolute Gasteiger partial charge is 0.260 e. The van der Waals surface area contributed by atoms with Crippen molar-refractivity contribution in [1.82, 2.24) is 5.43 Å². The van der Waals surface area contributed by atoms with Crippen LogP contribution in [0.2, 0.25) is 10.0 Å². The fraction of sp³-hybridized carbons (Fsp3) is 0.222. The van der Waals surface area contributed by atoms with Crippen LogP contribution in [0.25, 0.3) is 0 Å². The molecule has 2 aromatic carbocycles. The van der Waals surface area contributed by atoms with Crippen molar-refractivity contribution in [1.29, 1.82) is 0 Å². The van der Waals surface area contributed by atoms with Gasteiger partial charge in [0.1, 0.15) is 6.54 Å². The van der Waals surface area contributed by atoms with E-state index in [-0.39, 0.29) is 5.69 Å². The van der Waals surface area contributed by atoms with Crippen LogP contribution in [-0.2, 0) is 14.8 Å². The van der Waals surface area contributed by atoms with Crippen molar-refractivity contribution in [3.05, 3.63) is 52.0 Å². The maximum atomic E-state index is 12.3. The second kappa shape index (κ2) is 9.82. The number of ether oxygens (including phenoxy) is 2. The van der Waals surface area contributed by atoms with E-state index < -0.39 is 22.5 Å². The maximum Gasteiger partial charge on any atom is 0.260 e. The molecular formula is C18H19Cl2N3O5S. The molecule has 156 valence electrons. The molecule has 0 aliphatic rings. The number of hydrogen-bond donors (Lipinski definition) is 1. The molecule has 0 aliphatic carbocycles. The molecule has 0 aliphatic heterocycles. The Hall–Kier alpha value is -2.49. The van der Waals surface area contributed by atoms with Gasteiger partial charge in [0.25, 0.3) is 5.91 Å². The molecule has 0 spiro atoms. The van der Waals surface area contributed by atoms with Gasteiger partial charge < -0.3 is 9.47 Å². The first-order valence-corrected chi connectivity index (χ1v) is 10.7. The van der Waals surface area contributed by atoms with E-state index in [0.717, 1.165) is 10.6 Å². The Morgan fingerprint density at radius 3 is 2.31 bits per heavy atom. The molecule has 0 saturated carbocycles. The van der Waals surface area contributed by atoms with Crippen LogP contribution in [0.5, 0.6) is 11.5 Å². The van der Waals surface area contributed by atoms with Crippen molar-refractivity contribution in [2.45, 2.75) is 0 Å². The van der Waals surface area contributed by atoms with E-state index >= 15 is 0 Å². The SMILES string of the molecule is COc1ccc(N(CC(=O)N/N=C\c2c(Cl)cccc2Cl)S(C)(=O)=O)cc1OC. The van der Waals surface area contributed by atoms with Gasteiger partial charge in [-0.1, -0.05) is 29.3 Å². The number of methoxy groups -OCH3 is 2. The number of sulfonamides is 1. The third-order valence-electron chi connectivity index (χ3n) is 3.73. The fourth-order valence-corrected chi connectivity index (χ4v) is 3.69. The van der Waals surface area contributed by atoms with E-state index in [1.54, 1.807) is 24.3 Å². The standard InChI is InChI=1S/C18H19Cl2N3O5S/c1-27-16-8-7-12(9-17(16)28-2)23(29(3,25)26)11-18(24)22-21-10-13-14(19)5-4-6-15(13)20/h4-10H,11H2,1-3H3,(H,22,24)/b21-10-. The molecule has 11 heteroatoms. The summed E-state index contributed by atoms with van der Waals surface area (Å²) < 4.78 is 35.7. The average Bonchev–Trinajstić information content (AvgIpc) is 2.67. The molecule has 0 heterocycles. The molecule has 0 fully saturated rings. The number of nitrogens with one attached hydrogen (secondary N) is 1. The van der Waals surface area contributed by atoms with Crippen LogP contribution in [0.15, 0.2) is 41.5 Å². The normalized spacial score (nSPS) is 11.3. The van der Waals surface area contributed by atoms with E-state index in [1.807, 2.05) is 0 Å². The zero-order valence-corrected chi connectivity index (χ0v) is 18.2. The highest BCUT2D eigenvalue weighted by atomic mass is 35.5. The number of amides is 1. The van der Waals surface area contributed by atoms with E-state index in [1.165, 1.54) is 32.6 Å². The number of carbonyl (C=O) groups excluding carboxylic acids is 1. The molecular weight excluding hydrogens is 441 g/mol. The van der Waals surface area contributed by atoms with Crippen LogP contribution in [0.4, 0.5) is 5.69 Å². The van der Waals surface area contributed by atoms with Crippen molar-refractivity contribution >= 4 is 51.0 Å². The Kier molecular flexibility index (Phi) is 7.72. The van der Waals surface area contributed by atoms with Gasteiger partial charge in [-0.05, 0) is 24.3 Å². The average molecular weight is 460 g/mol. The van der Waals surface area contributed by atoms with Crippen molar-refractivity contribution in [2.24, 2.45) is 5.10 Å². The molecule has 0 bridgehead atoms. The fourth-order valence-electron chi connectivity index (χ4n) is 2.35. The Morgan fingerprint density at radius 1 is 1.14 bits per heavy atom. The summed E-state index contributed by atoms with van der Waals surface area (Å²) in [5, 5.41) is 4.51. The summed E-state index contributed by atoms with van der Waals surface area (Å²) in [6, 6.07) is 9.43. The van der Waals surface area contributed by atoms with Crippen LogP contribution in [-0.4, -0.2) is 47.6 Å². The quantitative estimate of drug-likeness (QED) is 0.483. The third-order valence-corrected chi connectivity index (χ3v) is 5.53. The van der Waals surface area contributed by atoms with Crippen LogP contribution in [0, 0.1) is 0 Å². The first kappa shape index (κ1) is 22.8. The van der Waals surface area contributed by atoms with Gasteiger partial charge in [-0.15, -0.1) is 0 Å². The minimum Gasteiger partial charge on any atom is -0.493 e. The molecule has 2 rings (SSSR count). The van der Waals surface area contributed by atoms with E-state index in [0.29, 0.717) is 27.1 Å². The number of anilines is 1. The molecule has 1 amide bonds. The summed E-state index contributed by atoms with van der Waals surface area (Å²) in [4.78, 5) is 12.3. The Balaban J connectivity index is 2.19. The lowest BCUT2D eigenvalue weighted by Crippen LogP contribution is -2.39. The molecule has 8 nitrogen and oxygen atoms in total. The lowest BCUT2D eigenvalue weighted by atomic mass is 10.2. The van der Waals surface area contributed by atoms with Gasteiger partial charge in [0, 0.05) is 11.6 Å². The molecule has 2 aromatic rings. The molecule has 0 unspecified atom stereocenters. The molecule has 0 aromatic heterocycles. The first-order valence-electron chi connectivity index (χ1n) is 8.13. The Morgan fingerprint density at radius 2 is 1.76 bits per heavy atom. The minimum atomic E-state index is -3.77. The largest absolute Gasteiger partial charge is 0.493 e. The van der Waals surface area contributed by atoms with Crippen LogP contribution >= 0.6 is 23.2 Å². The van der Waals surface area contributed by atoms with Gasteiger partial charge in [0.05, 0.1) is 42.4 Å². The highest BCUT2D eigenvalue weighted by Gasteiger charge is 2.22. The van der Waals surface area contributed by atoms with Crippen molar-refractivity contribution < 1.29 is 22.7 Å². The highest BCUT2D eigenvalue weighted by Crippen LogP contribution is 2.32. The predicted molar refractivity (Wildman–Crippen MR) is 114 cm³/mol. The van der Waals surface area contributed by atoms with Crippen LogP contribution in [0.3, 0.4) is 0 Å². The predicted octanol–water partition coefficient (Wildman–Crippen LogP) is 2.93. The molecule has 1 N–H and O–H groups in total. The number of hydrogen-bond acceptors (Lipinski definition) is 6. The number of carbonyl (C=O) groups is 1. The number of nitrogens with zero attached hydrogens (tertiary/aromatic N) is 2. The summed E-state index contributed by atoms with van der Waals surface area (Å²) >= 11 is 12.0. The summed E-state index contributed by atoms with van der Waals surface area (Å²) in [5.74, 6) is 0.0884. The molecule has 0 radical (unpaired) electrons. The number of hydrazone groups is 1. The van der Waals surface area contributed by atoms with E-state index in [2.05, 4.69) is 10.5 Å². The lowest BCUT2D eigenvalue weighted by molar-refractivity contribution is -0.119. The Labute approximate surface area is 179 Å². The van der Waals surface area contributed by atoms with E-state index in [9.17, 15) is 13.2 Å². The molecule has 0 saturated heterocycles. The van der Waals surface area contributed by atoms with Crippen molar-refractivity contribution in [3.63, 3.8) is 0 Å². The summed E-state index contributed by atoms with van der Waals surface area (Å²) in [7, 11) is -0.881. The summed E-state index contributed by atoms with van der Waals surface area (Å²) in [6.45, 7) is -0.498. The van der Waals surface area contributed by atoms with Crippen LogP contribution in [0.1, 0.15) is 5.56 Å². The third kappa shape index (κ3) is 5.99. The summed E-state index contributed by atoms with van der Waals surface area (Å²) in [6.07, 6.45) is 2.27. The zero-order valence-electron chi connectivity index (χ0n) is 15.8. The van der Waals surface area contributed by atoms with E-state index in [4.69, 9.17) is 32.7 Å². The first-order chi connectivity index (χ1) is 13.7. The molecule has 0 atom stereocenters. The van der Waals surface area contributed by atoms with Crippen molar-refractivity contribution in [2.75, 3.05) is 31.3 Å². The molecule has 29 heavy (non-hydrogen) atoms. The number of benzene rings is 2. The minimum absolute atomic E-state index is 0.235. The Bertz CT molecular complexity index is 1010. The second-order valence-corrected chi connectivity index (χ2v) is 8.46. The van der Waals surface area contributed by atoms with Crippen LogP contribution < -0.4 is 19.2 Å². The van der Waals surface area contributed by atoms with Crippen molar-refractivity contribution in [3.8, 4) is 11.5 Å². The summed E-state index contributed by atoms with van der Waals surface area (Å²) in [5.41, 5.74) is 2.92. The highest BCUT2D eigenvalue weighted by molar-refractivity contribution is 7.92.